The number of halogens is 2. The van der Waals surface area contributed by atoms with Crippen LogP contribution in [0.3, 0.4) is 0 Å². The van der Waals surface area contributed by atoms with Gasteiger partial charge in [0.15, 0.2) is 0 Å². The predicted molar refractivity (Wildman–Crippen MR) is 104 cm³/mol. The zero-order chi connectivity index (χ0) is 17.6. The molecular weight excluding hydrogens is 375 g/mol. The molecule has 0 radical (unpaired) electrons. The fourth-order valence-corrected chi connectivity index (χ4v) is 4.39. The molecule has 0 saturated carbocycles. The number of hydrogen-bond acceptors (Lipinski definition) is 4. The van der Waals surface area contributed by atoms with E-state index in [0.29, 0.717) is 4.88 Å². The van der Waals surface area contributed by atoms with Crippen molar-refractivity contribution in [3.63, 3.8) is 0 Å². The molecule has 1 aliphatic heterocycles. The molecule has 26 heavy (non-hydrogen) atoms. The molecule has 1 amide bonds. The fraction of sp³-hybridized carbons (Fsp3) is 0.333. The van der Waals surface area contributed by atoms with Crippen molar-refractivity contribution in [1.29, 1.82) is 0 Å². The molecule has 3 heterocycles. The molecule has 5 nitrogen and oxygen atoms in total. The van der Waals surface area contributed by atoms with Gasteiger partial charge in [0.2, 0.25) is 0 Å². The van der Waals surface area contributed by atoms with Gasteiger partial charge in [-0.2, -0.15) is 5.10 Å². The maximum absolute atomic E-state index is 13.2. The highest BCUT2D eigenvalue weighted by molar-refractivity contribution is 7.20. The van der Waals surface area contributed by atoms with Gasteiger partial charge in [0.25, 0.3) is 5.91 Å². The van der Waals surface area contributed by atoms with Gasteiger partial charge in [-0.05, 0) is 50.2 Å². The monoisotopic (exact) mass is 394 g/mol. The summed E-state index contributed by atoms with van der Waals surface area (Å²) in [5.74, 6) is -0.238. The van der Waals surface area contributed by atoms with E-state index in [1.807, 2.05) is 24.9 Å². The Kier molecular flexibility index (Phi) is 5.32. The van der Waals surface area contributed by atoms with Crippen LogP contribution in [0.2, 0.25) is 0 Å². The number of carbonyl (C=O) groups excluding carboxylic acids is 1. The van der Waals surface area contributed by atoms with E-state index in [0.717, 1.165) is 41.1 Å². The van der Waals surface area contributed by atoms with Crippen molar-refractivity contribution >= 4 is 39.9 Å². The summed E-state index contributed by atoms with van der Waals surface area (Å²) < 4.78 is 15.0. The molecule has 2 aromatic heterocycles. The lowest BCUT2D eigenvalue weighted by molar-refractivity contribution is 0.0749. The highest BCUT2D eigenvalue weighted by Crippen LogP contribution is 2.31. The molecule has 8 heteroatoms. The number of benzene rings is 1. The number of rotatable bonds is 3. The molecule has 1 atom stereocenters. The average molecular weight is 395 g/mol. The Morgan fingerprint density at radius 1 is 1.38 bits per heavy atom. The van der Waals surface area contributed by atoms with Gasteiger partial charge in [-0.15, -0.1) is 23.7 Å². The van der Waals surface area contributed by atoms with Crippen molar-refractivity contribution in [3.05, 3.63) is 46.7 Å². The smallest absolute Gasteiger partial charge is 0.264 e. The summed E-state index contributed by atoms with van der Waals surface area (Å²) in [7, 11) is 1.86. The standard InChI is InChI=1S/C18H19FN4OS.ClH/c1-11-15-9-16(17(24)22(2)14-7-8-20-10-14)25-18(15)23(21-11)13-5-3-12(19)4-6-13;/h3-6,9,14,20H,7-8,10H2,1-2H3;1H. The fourth-order valence-electron chi connectivity index (χ4n) is 3.22. The maximum atomic E-state index is 13.2. The van der Waals surface area contributed by atoms with Crippen molar-refractivity contribution < 1.29 is 9.18 Å². The molecule has 138 valence electrons. The van der Waals surface area contributed by atoms with Crippen LogP contribution in [0.15, 0.2) is 30.3 Å². The number of nitrogens with zero attached hydrogens (tertiary/aromatic N) is 3. The molecule has 1 aromatic carbocycles. The zero-order valence-corrected chi connectivity index (χ0v) is 16.2. The Bertz CT molecular complexity index is 931. The normalized spacial score (nSPS) is 16.7. The molecule has 1 unspecified atom stereocenters. The second-order valence-corrected chi connectivity index (χ2v) is 7.40. The molecule has 0 aliphatic carbocycles. The van der Waals surface area contributed by atoms with Crippen LogP contribution in [0.5, 0.6) is 0 Å². The van der Waals surface area contributed by atoms with E-state index in [2.05, 4.69) is 10.4 Å². The summed E-state index contributed by atoms with van der Waals surface area (Å²) >= 11 is 1.43. The van der Waals surface area contributed by atoms with Gasteiger partial charge in [0.1, 0.15) is 10.6 Å². The van der Waals surface area contributed by atoms with Crippen LogP contribution < -0.4 is 5.32 Å². The third-order valence-electron chi connectivity index (χ3n) is 4.73. The Morgan fingerprint density at radius 2 is 2.12 bits per heavy atom. The van der Waals surface area contributed by atoms with Crippen LogP contribution in [0.1, 0.15) is 21.8 Å². The topological polar surface area (TPSA) is 50.2 Å². The minimum absolute atomic E-state index is 0. The molecule has 0 spiro atoms. The van der Waals surface area contributed by atoms with Crippen LogP contribution in [0, 0.1) is 12.7 Å². The van der Waals surface area contributed by atoms with E-state index in [9.17, 15) is 9.18 Å². The lowest BCUT2D eigenvalue weighted by Crippen LogP contribution is -2.37. The molecular formula is C18H20ClFN4OS. The summed E-state index contributed by atoms with van der Waals surface area (Å²) in [4.78, 5) is 16.3. The van der Waals surface area contributed by atoms with Gasteiger partial charge in [-0.25, -0.2) is 9.07 Å². The molecule has 1 saturated heterocycles. The van der Waals surface area contributed by atoms with Crippen molar-refractivity contribution in [2.24, 2.45) is 0 Å². The Hall–Kier alpha value is -1.96. The molecule has 4 rings (SSSR count). The molecule has 1 fully saturated rings. The van der Waals surface area contributed by atoms with Crippen LogP contribution in [0.4, 0.5) is 4.39 Å². The second-order valence-electron chi connectivity index (χ2n) is 6.37. The lowest BCUT2D eigenvalue weighted by atomic mass is 10.2. The highest BCUT2D eigenvalue weighted by Gasteiger charge is 2.26. The van der Waals surface area contributed by atoms with E-state index in [4.69, 9.17) is 0 Å². The summed E-state index contributed by atoms with van der Waals surface area (Å²) in [5.41, 5.74) is 1.65. The molecule has 1 aliphatic rings. The first-order valence-electron chi connectivity index (χ1n) is 8.27. The minimum Gasteiger partial charge on any atom is -0.337 e. The van der Waals surface area contributed by atoms with Gasteiger partial charge < -0.3 is 10.2 Å². The van der Waals surface area contributed by atoms with Gasteiger partial charge >= 0.3 is 0 Å². The highest BCUT2D eigenvalue weighted by atomic mass is 35.5. The first-order chi connectivity index (χ1) is 12.0. The molecule has 3 aromatic rings. The minimum atomic E-state index is -0.280. The maximum Gasteiger partial charge on any atom is 0.264 e. The van der Waals surface area contributed by atoms with Gasteiger partial charge in [-0.3, -0.25) is 4.79 Å². The zero-order valence-electron chi connectivity index (χ0n) is 14.5. The average Bonchev–Trinajstić information content (AvgIpc) is 3.33. The largest absolute Gasteiger partial charge is 0.337 e. The summed E-state index contributed by atoms with van der Waals surface area (Å²) in [5, 5.41) is 8.80. The van der Waals surface area contributed by atoms with E-state index < -0.39 is 0 Å². The summed E-state index contributed by atoms with van der Waals surface area (Å²) in [6.07, 6.45) is 0.982. The number of fused-ring (bicyclic) bond motifs is 1. The lowest BCUT2D eigenvalue weighted by Gasteiger charge is -2.22. The molecule has 1 N–H and O–H groups in total. The van der Waals surface area contributed by atoms with Gasteiger partial charge in [0.05, 0.1) is 16.3 Å². The van der Waals surface area contributed by atoms with Crippen LogP contribution in [-0.4, -0.2) is 46.8 Å². The van der Waals surface area contributed by atoms with Crippen molar-refractivity contribution in [2.45, 2.75) is 19.4 Å². The van der Waals surface area contributed by atoms with E-state index in [1.54, 1.807) is 16.8 Å². The first-order valence-corrected chi connectivity index (χ1v) is 9.09. The second kappa shape index (κ2) is 7.34. The SMILES string of the molecule is Cc1nn(-c2ccc(F)cc2)c2sc(C(=O)N(C)C3CCNC3)cc12.Cl. The summed E-state index contributed by atoms with van der Waals surface area (Å²) in [6, 6.07) is 8.38. The van der Waals surface area contributed by atoms with Crippen LogP contribution >= 0.6 is 23.7 Å². The number of aromatic nitrogens is 2. The Morgan fingerprint density at radius 3 is 2.77 bits per heavy atom. The number of hydrogen-bond donors (Lipinski definition) is 1. The van der Waals surface area contributed by atoms with E-state index >= 15 is 0 Å². The Labute approximate surface area is 161 Å². The third-order valence-corrected chi connectivity index (χ3v) is 5.83. The number of thiophene rings is 1. The third kappa shape index (κ3) is 3.22. The summed E-state index contributed by atoms with van der Waals surface area (Å²) in [6.45, 7) is 3.72. The van der Waals surface area contributed by atoms with E-state index in [1.165, 1.54) is 23.5 Å². The van der Waals surface area contributed by atoms with Gasteiger partial charge in [0, 0.05) is 25.0 Å². The van der Waals surface area contributed by atoms with Crippen molar-refractivity contribution in [3.8, 4) is 5.69 Å². The number of amides is 1. The van der Waals surface area contributed by atoms with Crippen molar-refractivity contribution in [2.75, 3.05) is 20.1 Å². The quantitative estimate of drug-likeness (QED) is 0.740. The van der Waals surface area contributed by atoms with Crippen LogP contribution in [-0.2, 0) is 0 Å². The van der Waals surface area contributed by atoms with Crippen molar-refractivity contribution in [1.82, 2.24) is 20.0 Å². The van der Waals surface area contributed by atoms with Gasteiger partial charge in [-0.1, -0.05) is 0 Å². The van der Waals surface area contributed by atoms with E-state index in [-0.39, 0.29) is 30.2 Å². The predicted octanol–water partition coefficient (Wildman–Crippen LogP) is 3.39. The number of likely N-dealkylation sites (N-methyl/N-ethyl adjacent to an activating group) is 1. The first kappa shape index (κ1) is 18.8. The number of carbonyl (C=O) groups is 1. The Balaban J connectivity index is 0.00000196. The molecule has 0 bridgehead atoms. The number of aryl methyl sites for hydroxylation is 1. The number of nitrogens with one attached hydrogen (secondary N) is 1. The van der Waals surface area contributed by atoms with Crippen LogP contribution in [0.25, 0.3) is 15.9 Å².